The number of amides is 2. The zero-order valence-corrected chi connectivity index (χ0v) is 14.3. The van der Waals surface area contributed by atoms with Crippen molar-refractivity contribution in [2.45, 2.75) is 33.1 Å². The molecule has 5 heteroatoms. The maximum Gasteiger partial charge on any atom is 0.323 e. The van der Waals surface area contributed by atoms with Gasteiger partial charge in [-0.15, -0.1) is 5.10 Å². The number of nitrogens with zero attached hydrogens (tertiary/aromatic N) is 3. The van der Waals surface area contributed by atoms with E-state index in [9.17, 15) is 4.79 Å². The van der Waals surface area contributed by atoms with Crippen LogP contribution in [0.3, 0.4) is 0 Å². The standard InChI is InChI=1S/C19H24N4O/c1-14-3-6-16(7-4-14)13-17-9-11-23(12-10-17)19(24)20-18-8-5-15(2)21-22-18/h3-8,17H,9-13H2,1-2H3,(H,20,22,24). The lowest BCUT2D eigenvalue weighted by Gasteiger charge is -2.32. The molecule has 0 bridgehead atoms. The van der Waals surface area contributed by atoms with Crippen LogP contribution in [0.4, 0.5) is 10.6 Å². The molecule has 1 aromatic carbocycles. The number of piperidine rings is 1. The molecule has 3 rings (SSSR count). The molecule has 2 heterocycles. The normalized spacial score (nSPS) is 15.3. The second-order valence-corrected chi connectivity index (χ2v) is 6.61. The van der Waals surface area contributed by atoms with Crippen molar-refractivity contribution in [3.63, 3.8) is 0 Å². The molecule has 126 valence electrons. The Bertz CT molecular complexity index is 674. The van der Waals surface area contributed by atoms with E-state index in [4.69, 9.17) is 0 Å². The van der Waals surface area contributed by atoms with Gasteiger partial charge in [-0.1, -0.05) is 29.8 Å². The van der Waals surface area contributed by atoms with Crippen molar-refractivity contribution in [3.05, 3.63) is 53.2 Å². The summed E-state index contributed by atoms with van der Waals surface area (Å²) in [5.41, 5.74) is 3.52. The molecule has 0 radical (unpaired) electrons. The van der Waals surface area contributed by atoms with Gasteiger partial charge in [0, 0.05) is 13.1 Å². The molecule has 0 saturated carbocycles. The summed E-state index contributed by atoms with van der Waals surface area (Å²) in [6, 6.07) is 12.3. The number of nitrogens with one attached hydrogen (secondary N) is 1. The van der Waals surface area contributed by atoms with E-state index >= 15 is 0 Å². The van der Waals surface area contributed by atoms with Crippen LogP contribution in [-0.4, -0.2) is 34.2 Å². The van der Waals surface area contributed by atoms with Crippen LogP contribution in [-0.2, 0) is 6.42 Å². The lowest BCUT2D eigenvalue weighted by molar-refractivity contribution is 0.182. The van der Waals surface area contributed by atoms with Gasteiger partial charge in [0.15, 0.2) is 5.82 Å². The predicted octanol–water partition coefficient (Wildman–Crippen LogP) is 3.58. The van der Waals surface area contributed by atoms with Gasteiger partial charge < -0.3 is 4.90 Å². The summed E-state index contributed by atoms with van der Waals surface area (Å²) in [6.07, 6.45) is 3.18. The molecule has 1 N–H and O–H groups in total. The number of rotatable bonds is 3. The highest BCUT2D eigenvalue weighted by molar-refractivity contribution is 5.88. The number of urea groups is 1. The van der Waals surface area contributed by atoms with Gasteiger partial charge in [0.2, 0.25) is 0 Å². The molecule has 1 fully saturated rings. The Morgan fingerprint density at radius 3 is 2.42 bits per heavy atom. The van der Waals surface area contributed by atoms with Crippen molar-refractivity contribution >= 4 is 11.8 Å². The number of aromatic nitrogens is 2. The van der Waals surface area contributed by atoms with Gasteiger partial charge >= 0.3 is 6.03 Å². The Labute approximate surface area is 143 Å². The summed E-state index contributed by atoms with van der Waals surface area (Å²) < 4.78 is 0. The van der Waals surface area contributed by atoms with Crippen molar-refractivity contribution in [2.75, 3.05) is 18.4 Å². The number of aryl methyl sites for hydroxylation is 2. The quantitative estimate of drug-likeness (QED) is 0.939. The SMILES string of the molecule is Cc1ccc(CC2CCN(C(=O)Nc3ccc(C)nn3)CC2)cc1. The Morgan fingerprint density at radius 1 is 1.08 bits per heavy atom. The smallest absolute Gasteiger partial charge is 0.323 e. The first-order valence-corrected chi connectivity index (χ1v) is 8.52. The summed E-state index contributed by atoms with van der Waals surface area (Å²) in [7, 11) is 0. The van der Waals surface area contributed by atoms with E-state index in [1.54, 1.807) is 6.07 Å². The van der Waals surface area contributed by atoms with E-state index in [2.05, 4.69) is 46.7 Å². The Kier molecular flexibility index (Phi) is 5.08. The molecule has 0 unspecified atom stereocenters. The van der Waals surface area contributed by atoms with Crippen molar-refractivity contribution in [3.8, 4) is 0 Å². The lowest BCUT2D eigenvalue weighted by Crippen LogP contribution is -2.41. The molecule has 2 aromatic rings. The number of likely N-dealkylation sites (tertiary alicyclic amines) is 1. The fourth-order valence-corrected chi connectivity index (χ4v) is 3.05. The maximum atomic E-state index is 12.3. The average Bonchev–Trinajstić information content (AvgIpc) is 2.59. The Hall–Kier alpha value is -2.43. The van der Waals surface area contributed by atoms with E-state index in [0.29, 0.717) is 11.7 Å². The van der Waals surface area contributed by atoms with Gasteiger partial charge in [0.25, 0.3) is 0 Å². The Balaban J connectivity index is 1.48. The van der Waals surface area contributed by atoms with E-state index < -0.39 is 0 Å². The molecule has 0 atom stereocenters. The highest BCUT2D eigenvalue weighted by Crippen LogP contribution is 2.22. The molecule has 2 amide bonds. The van der Waals surface area contributed by atoms with E-state index in [1.807, 2.05) is 17.9 Å². The number of benzene rings is 1. The van der Waals surface area contributed by atoms with Crippen LogP contribution in [0.15, 0.2) is 36.4 Å². The molecule has 1 aliphatic heterocycles. The topological polar surface area (TPSA) is 58.1 Å². The molecule has 1 saturated heterocycles. The fraction of sp³-hybridized carbons (Fsp3) is 0.421. The summed E-state index contributed by atoms with van der Waals surface area (Å²) in [5.74, 6) is 1.16. The molecular weight excluding hydrogens is 300 g/mol. The second-order valence-electron chi connectivity index (χ2n) is 6.61. The van der Waals surface area contributed by atoms with Crippen LogP contribution < -0.4 is 5.32 Å². The van der Waals surface area contributed by atoms with Gasteiger partial charge in [-0.3, -0.25) is 5.32 Å². The second kappa shape index (κ2) is 7.43. The number of carbonyl (C=O) groups excluding carboxylic acids is 1. The highest BCUT2D eigenvalue weighted by Gasteiger charge is 2.23. The molecule has 24 heavy (non-hydrogen) atoms. The Morgan fingerprint density at radius 2 is 1.79 bits per heavy atom. The summed E-state index contributed by atoms with van der Waals surface area (Å²) in [6.45, 7) is 5.57. The fourth-order valence-electron chi connectivity index (χ4n) is 3.05. The largest absolute Gasteiger partial charge is 0.324 e. The van der Waals surface area contributed by atoms with Crippen molar-refractivity contribution in [2.24, 2.45) is 5.92 Å². The van der Waals surface area contributed by atoms with Crippen LogP contribution in [0.2, 0.25) is 0 Å². The zero-order valence-electron chi connectivity index (χ0n) is 14.3. The monoisotopic (exact) mass is 324 g/mol. The minimum absolute atomic E-state index is 0.0815. The van der Waals surface area contributed by atoms with E-state index in [1.165, 1.54) is 11.1 Å². The summed E-state index contributed by atoms with van der Waals surface area (Å²) in [5, 5.41) is 10.8. The summed E-state index contributed by atoms with van der Waals surface area (Å²) >= 11 is 0. The number of anilines is 1. The zero-order chi connectivity index (χ0) is 16.9. The van der Waals surface area contributed by atoms with Crippen molar-refractivity contribution in [1.82, 2.24) is 15.1 Å². The first-order chi connectivity index (χ1) is 11.6. The van der Waals surface area contributed by atoms with Crippen molar-refractivity contribution in [1.29, 1.82) is 0 Å². The van der Waals surface area contributed by atoms with Crippen LogP contribution >= 0.6 is 0 Å². The number of carbonyl (C=O) groups is 1. The predicted molar refractivity (Wildman–Crippen MR) is 95.0 cm³/mol. The van der Waals surface area contributed by atoms with Crippen LogP contribution in [0.1, 0.15) is 29.7 Å². The number of hydrogen-bond acceptors (Lipinski definition) is 3. The van der Waals surface area contributed by atoms with Crippen LogP contribution in [0, 0.1) is 19.8 Å². The lowest BCUT2D eigenvalue weighted by atomic mass is 9.90. The van der Waals surface area contributed by atoms with Gasteiger partial charge in [-0.2, -0.15) is 5.10 Å². The molecule has 0 spiro atoms. The van der Waals surface area contributed by atoms with Crippen LogP contribution in [0.25, 0.3) is 0 Å². The van der Waals surface area contributed by atoms with Gasteiger partial charge in [0.1, 0.15) is 0 Å². The molecule has 1 aromatic heterocycles. The molecular formula is C19H24N4O. The molecule has 0 aliphatic carbocycles. The van der Waals surface area contributed by atoms with E-state index in [0.717, 1.165) is 38.0 Å². The first-order valence-electron chi connectivity index (χ1n) is 8.52. The van der Waals surface area contributed by atoms with Crippen molar-refractivity contribution < 1.29 is 4.79 Å². The highest BCUT2D eigenvalue weighted by atomic mass is 16.2. The maximum absolute atomic E-state index is 12.3. The average molecular weight is 324 g/mol. The van der Waals surface area contributed by atoms with Gasteiger partial charge in [0.05, 0.1) is 5.69 Å². The number of hydrogen-bond donors (Lipinski definition) is 1. The molecule has 1 aliphatic rings. The minimum Gasteiger partial charge on any atom is -0.324 e. The van der Waals surface area contributed by atoms with Gasteiger partial charge in [-0.05, 0) is 56.7 Å². The molecule has 5 nitrogen and oxygen atoms in total. The minimum atomic E-state index is -0.0815. The third-order valence-corrected chi connectivity index (χ3v) is 4.58. The first kappa shape index (κ1) is 16.4. The van der Waals surface area contributed by atoms with E-state index in [-0.39, 0.29) is 6.03 Å². The third kappa shape index (κ3) is 4.31. The third-order valence-electron chi connectivity index (χ3n) is 4.58. The summed E-state index contributed by atoms with van der Waals surface area (Å²) in [4.78, 5) is 14.2. The van der Waals surface area contributed by atoms with Crippen LogP contribution in [0.5, 0.6) is 0 Å². The van der Waals surface area contributed by atoms with Gasteiger partial charge in [-0.25, -0.2) is 4.79 Å².